The summed E-state index contributed by atoms with van der Waals surface area (Å²) in [7, 11) is 1.89. The van der Waals surface area contributed by atoms with Crippen LogP contribution in [0.2, 0.25) is 0 Å². The third-order valence-electron chi connectivity index (χ3n) is 4.93. The molecule has 3 aromatic rings. The van der Waals surface area contributed by atoms with E-state index in [0.717, 1.165) is 24.5 Å². The van der Waals surface area contributed by atoms with Gasteiger partial charge in [0.05, 0.1) is 23.0 Å². The van der Waals surface area contributed by atoms with Gasteiger partial charge in [0, 0.05) is 30.9 Å². The van der Waals surface area contributed by atoms with Crippen molar-refractivity contribution in [3.05, 3.63) is 64.6 Å². The fourth-order valence-electron chi connectivity index (χ4n) is 3.53. The third kappa shape index (κ3) is 4.38. The number of carbonyl (C=O) groups excluding carboxylic acids is 2. The molecule has 1 aliphatic heterocycles. The first-order chi connectivity index (χ1) is 14.1. The van der Waals surface area contributed by atoms with E-state index in [1.54, 1.807) is 29.7 Å². The Morgan fingerprint density at radius 1 is 1.28 bits per heavy atom. The van der Waals surface area contributed by atoms with Crippen LogP contribution < -0.4 is 5.32 Å². The van der Waals surface area contributed by atoms with Crippen molar-refractivity contribution in [1.29, 1.82) is 0 Å². The van der Waals surface area contributed by atoms with E-state index in [-0.39, 0.29) is 23.6 Å². The van der Waals surface area contributed by atoms with Crippen LogP contribution in [0.15, 0.2) is 59.3 Å². The Bertz CT molecular complexity index is 1000. The summed E-state index contributed by atoms with van der Waals surface area (Å²) in [5, 5.41) is 5.73. The number of imidazole rings is 1. The maximum Gasteiger partial charge on any atom is 0.256 e. The molecule has 0 saturated carbocycles. The minimum atomic E-state index is -0.158. The van der Waals surface area contributed by atoms with Crippen LogP contribution in [0.25, 0.3) is 0 Å². The molecule has 6 nitrogen and oxygen atoms in total. The number of carbonyl (C=O) groups is 2. The van der Waals surface area contributed by atoms with Crippen molar-refractivity contribution < 1.29 is 9.59 Å². The van der Waals surface area contributed by atoms with E-state index in [1.165, 1.54) is 16.6 Å². The minimum Gasteiger partial charge on any atom is -0.331 e. The van der Waals surface area contributed by atoms with Crippen LogP contribution in [0, 0.1) is 0 Å². The molecule has 0 unspecified atom stereocenters. The van der Waals surface area contributed by atoms with Crippen LogP contribution in [0.3, 0.4) is 0 Å². The molecule has 0 spiro atoms. The summed E-state index contributed by atoms with van der Waals surface area (Å²) < 4.78 is 1.87. The number of aryl methyl sites for hydroxylation is 1. The van der Waals surface area contributed by atoms with Crippen LogP contribution in [0.5, 0.6) is 0 Å². The summed E-state index contributed by atoms with van der Waals surface area (Å²) in [6, 6.07) is 11.5. The lowest BCUT2D eigenvalue weighted by atomic mass is 10.1. The lowest BCUT2D eigenvalue weighted by Gasteiger charge is -2.25. The maximum absolute atomic E-state index is 13.3. The van der Waals surface area contributed by atoms with Gasteiger partial charge in [0.15, 0.2) is 5.16 Å². The highest BCUT2D eigenvalue weighted by molar-refractivity contribution is 7.99. The summed E-state index contributed by atoms with van der Waals surface area (Å²) in [6.07, 6.45) is 5.51. The van der Waals surface area contributed by atoms with E-state index in [1.807, 2.05) is 46.3 Å². The van der Waals surface area contributed by atoms with Crippen molar-refractivity contribution in [1.82, 2.24) is 14.5 Å². The van der Waals surface area contributed by atoms with Crippen molar-refractivity contribution in [2.45, 2.75) is 24.0 Å². The summed E-state index contributed by atoms with van der Waals surface area (Å²) in [4.78, 5) is 33.1. The first kappa shape index (κ1) is 19.7. The summed E-state index contributed by atoms with van der Waals surface area (Å²) >= 11 is 3.05. The third-order valence-corrected chi connectivity index (χ3v) is 6.96. The molecule has 2 aromatic heterocycles. The second-order valence-electron chi connectivity index (χ2n) is 6.88. The Morgan fingerprint density at radius 2 is 2.14 bits per heavy atom. The van der Waals surface area contributed by atoms with Crippen molar-refractivity contribution >= 4 is 40.6 Å². The fourth-order valence-corrected chi connectivity index (χ4v) is 5.13. The van der Waals surface area contributed by atoms with E-state index < -0.39 is 0 Å². The molecule has 1 N–H and O–H groups in total. The first-order valence-electron chi connectivity index (χ1n) is 9.47. The second-order valence-corrected chi connectivity index (χ2v) is 8.80. The molecule has 2 amide bonds. The van der Waals surface area contributed by atoms with E-state index in [9.17, 15) is 9.59 Å². The lowest BCUT2D eigenvalue weighted by molar-refractivity contribution is -0.113. The minimum absolute atomic E-state index is 0.0337. The molecule has 29 heavy (non-hydrogen) atoms. The molecule has 1 atom stereocenters. The van der Waals surface area contributed by atoms with Gasteiger partial charge in [-0.3, -0.25) is 9.59 Å². The number of hydrogen-bond acceptors (Lipinski definition) is 5. The van der Waals surface area contributed by atoms with Gasteiger partial charge in [0.25, 0.3) is 5.91 Å². The summed E-state index contributed by atoms with van der Waals surface area (Å²) in [6.45, 7) is 0.735. The number of benzene rings is 1. The zero-order valence-corrected chi connectivity index (χ0v) is 17.7. The molecule has 1 saturated heterocycles. The Labute approximate surface area is 177 Å². The number of nitrogens with one attached hydrogen (secondary N) is 1. The van der Waals surface area contributed by atoms with Gasteiger partial charge < -0.3 is 14.8 Å². The van der Waals surface area contributed by atoms with E-state index in [2.05, 4.69) is 16.4 Å². The Balaban J connectivity index is 1.47. The van der Waals surface area contributed by atoms with E-state index in [4.69, 9.17) is 0 Å². The quantitative estimate of drug-likeness (QED) is 0.600. The molecular weight excluding hydrogens is 404 g/mol. The molecule has 4 rings (SSSR count). The predicted octanol–water partition coefficient (Wildman–Crippen LogP) is 4.19. The molecule has 0 aliphatic carbocycles. The molecule has 1 aromatic carbocycles. The molecular formula is C21H22N4O2S2. The van der Waals surface area contributed by atoms with Gasteiger partial charge in [0.1, 0.15) is 0 Å². The predicted molar refractivity (Wildman–Crippen MR) is 116 cm³/mol. The van der Waals surface area contributed by atoms with Crippen molar-refractivity contribution in [2.24, 2.45) is 7.05 Å². The average Bonchev–Trinajstić information content (AvgIpc) is 3.47. The standard InChI is InChI=1S/C21H22N4O2S2/c1-24-12-10-22-21(24)29-14-19(26)23-16-7-3-2-6-15(16)20(27)25-11-4-8-17(25)18-9-5-13-28-18/h2-3,5-7,9-10,12-13,17H,4,8,11,14H2,1H3,(H,23,26)/t17-/m0/s1. The number of thiophene rings is 1. The Hall–Kier alpha value is -2.58. The largest absolute Gasteiger partial charge is 0.331 e. The van der Waals surface area contributed by atoms with Gasteiger partial charge in [0.2, 0.25) is 5.91 Å². The van der Waals surface area contributed by atoms with Crippen molar-refractivity contribution in [3.8, 4) is 0 Å². The van der Waals surface area contributed by atoms with Gasteiger partial charge in [-0.2, -0.15) is 0 Å². The molecule has 8 heteroatoms. The van der Waals surface area contributed by atoms with Crippen LogP contribution in [-0.4, -0.2) is 38.6 Å². The molecule has 3 heterocycles. The number of para-hydroxylation sites is 1. The highest BCUT2D eigenvalue weighted by atomic mass is 32.2. The number of amides is 2. The zero-order valence-electron chi connectivity index (χ0n) is 16.1. The molecule has 1 fully saturated rings. The average molecular weight is 427 g/mol. The fraction of sp³-hybridized carbons (Fsp3) is 0.286. The highest BCUT2D eigenvalue weighted by Crippen LogP contribution is 2.36. The summed E-state index contributed by atoms with van der Waals surface area (Å²) in [5.74, 6) is 0.0394. The summed E-state index contributed by atoms with van der Waals surface area (Å²) in [5.41, 5.74) is 1.09. The SMILES string of the molecule is Cn1ccnc1SCC(=O)Nc1ccccc1C(=O)N1CCC[C@H]1c1cccs1. The smallest absolute Gasteiger partial charge is 0.256 e. The number of nitrogens with zero attached hydrogens (tertiary/aromatic N) is 3. The highest BCUT2D eigenvalue weighted by Gasteiger charge is 2.32. The number of thioether (sulfide) groups is 1. The number of hydrogen-bond donors (Lipinski definition) is 1. The number of rotatable bonds is 6. The van der Waals surface area contributed by atoms with Crippen LogP contribution in [-0.2, 0) is 11.8 Å². The normalized spacial score (nSPS) is 16.2. The van der Waals surface area contributed by atoms with E-state index >= 15 is 0 Å². The first-order valence-corrected chi connectivity index (χ1v) is 11.3. The Kier molecular flexibility index (Phi) is 6.01. The topological polar surface area (TPSA) is 67.2 Å². The van der Waals surface area contributed by atoms with E-state index in [0.29, 0.717) is 11.3 Å². The van der Waals surface area contributed by atoms with Crippen LogP contribution >= 0.6 is 23.1 Å². The number of aromatic nitrogens is 2. The van der Waals surface area contributed by atoms with Gasteiger partial charge in [-0.15, -0.1) is 11.3 Å². The Morgan fingerprint density at radius 3 is 2.90 bits per heavy atom. The zero-order chi connectivity index (χ0) is 20.2. The number of likely N-dealkylation sites (tertiary alicyclic amines) is 1. The molecule has 0 bridgehead atoms. The van der Waals surface area contributed by atoms with Gasteiger partial charge in [-0.05, 0) is 36.4 Å². The van der Waals surface area contributed by atoms with Crippen molar-refractivity contribution in [2.75, 3.05) is 17.6 Å². The molecule has 0 radical (unpaired) electrons. The number of anilines is 1. The molecule has 1 aliphatic rings. The van der Waals surface area contributed by atoms with Gasteiger partial charge in [-0.25, -0.2) is 4.98 Å². The molecule has 150 valence electrons. The van der Waals surface area contributed by atoms with Crippen molar-refractivity contribution in [3.63, 3.8) is 0 Å². The van der Waals surface area contributed by atoms with Gasteiger partial charge in [-0.1, -0.05) is 30.0 Å². The van der Waals surface area contributed by atoms with Crippen LogP contribution in [0.4, 0.5) is 5.69 Å². The van der Waals surface area contributed by atoms with Crippen LogP contribution in [0.1, 0.15) is 34.1 Å². The second kappa shape index (κ2) is 8.84. The lowest BCUT2D eigenvalue weighted by Crippen LogP contribution is -2.31. The monoisotopic (exact) mass is 426 g/mol. The maximum atomic E-state index is 13.3. The van der Waals surface area contributed by atoms with Gasteiger partial charge >= 0.3 is 0 Å².